The molecule has 5 nitrogen and oxygen atoms in total. The Morgan fingerprint density at radius 3 is 2.68 bits per heavy atom. The van der Waals surface area contributed by atoms with Crippen molar-refractivity contribution in [1.29, 1.82) is 0 Å². The summed E-state index contributed by atoms with van der Waals surface area (Å²) in [6.07, 6.45) is 1.90. The van der Waals surface area contributed by atoms with Crippen LogP contribution in [0.4, 0.5) is 5.69 Å². The van der Waals surface area contributed by atoms with Crippen LogP contribution < -0.4 is 10.6 Å². The van der Waals surface area contributed by atoms with Gasteiger partial charge in [-0.1, -0.05) is 29.3 Å². The Bertz CT molecular complexity index is 813. The molecule has 0 aliphatic rings. The highest BCUT2D eigenvalue weighted by Gasteiger charge is 2.06. The molecule has 0 amide bonds. The molecular formula is C14H11Cl2N5S. The molecule has 0 aliphatic heterocycles. The fraction of sp³-hybridized carbons (Fsp3) is 0.0714. The van der Waals surface area contributed by atoms with Gasteiger partial charge in [0.25, 0.3) is 0 Å². The number of pyridine rings is 1. The van der Waals surface area contributed by atoms with Crippen LogP contribution in [0.15, 0.2) is 42.6 Å². The van der Waals surface area contributed by atoms with Gasteiger partial charge in [-0.25, -0.2) is 0 Å². The van der Waals surface area contributed by atoms with E-state index in [1.807, 2.05) is 28.8 Å². The second kappa shape index (κ2) is 6.48. The summed E-state index contributed by atoms with van der Waals surface area (Å²) in [6.45, 7) is 0.450. The third kappa shape index (κ3) is 3.47. The van der Waals surface area contributed by atoms with Crippen molar-refractivity contribution >= 4 is 51.9 Å². The molecule has 0 saturated heterocycles. The van der Waals surface area contributed by atoms with Crippen LogP contribution in [0.5, 0.6) is 0 Å². The van der Waals surface area contributed by atoms with Gasteiger partial charge in [-0.05, 0) is 42.5 Å². The summed E-state index contributed by atoms with van der Waals surface area (Å²) in [7, 11) is 0. The van der Waals surface area contributed by atoms with Crippen LogP contribution in [0.3, 0.4) is 0 Å². The number of halogens is 2. The zero-order valence-electron chi connectivity index (χ0n) is 11.3. The van der Waals surface area contributed by atoms with Crippen molar-refractivity contribution < 1.29 is 0 Å². The second-order valence-electron chi connectivity index (χ2n) is 4.51. The number of nitrogens with zero attached hydrogens (tertiary/aromatic N) is 3. The van der Waals surface area contributed by atoms with E-state index in [4.69, 9.17) is 35.4 Å². The van der Waals surface area contributed by atoms with Crippen molar-refractivity contribution in [2.24, 2.45) is 0 Å². The first-order chi connectivity index (χ1) is 10.6. The Morgan fingerprint density at radius 2 is 1.91 bits per heavy atom. The summed E-state index contributed by atoms with van der Waals surface area (Å²) in [5, 5.41) is 15.8. The second-order valence-corrected chi connectivity index (χ2v) is 5.79. The zero-order chi connectivity index (χ0) is 15.5. The summed E-state index contributed by atoms with van der Waals surface area (Å²) >= 11 is 17.1. The Balaban J connectivity index is 1.65. The molecule has 0 spiro atoms. The van der Waals surface area contributed by atoms with Gasteiger partial charge in [0.2, 0.25) is 0 Å². The van der Waals surface area contributed by atoms with Gasteiger partial charge in [0.05, 0.1) is 6.54 Å². The summed E-state index contributed by atoms with van der Waals surface area (Å²) in [6, 6.07) is 10.9. The van der Waals surface area contributed by atoms with Crippen LogP contribution in [0.25, 0.3) is 5.65 Å². The maximum atomic E-state index is 5.95. The van der Waals surface area contributed by atoms with Crippen LogP contribution in [0.1, 0.15) is 5.82 Å². The van der Waals surface area contributed by atoms with E-state index in [-0.39, 0.29) is 0 Å². The fourth-order valence-electron chi connectivity index (χ4n) is 1.97. The van der Waals surface area contributed by atoms with Gasteiger partial charge in [0.1, 0.15) is 0 Å². The largest absolute Gasteiger partial charge is 0.355 e. The monoisotopic (exact) mass is 351 g/mol. The summed E-state index contributed by atoms with van der Waals surface area (Å²) < 4.78 is 1.89. The molecule has 1 aromatic carbocycles. The van der Waals surface area contributed by atoms with Crippen LogP contribution in [0.2, 0.25) is 10.0 Å². The molecule has 3 rings (SSSR count). The quantitative estimate of drug-likeness (QED) is 0.707. The summed E-state index contributed by atoms with van der Waals surface area (Å²) in [4.78, 5) is 0. The molecule has 0 aliphatic carbocycles. The molecule has 8 heteroatoms. The van der Waals surface area contributed by atoms with Gasteiger partial charge in [0.15, 0.2) is 16.6 Å². The van der Waals surface area contributed by atoms with Gasteiger partial charge in [-0.15, -0.1) is 10.2 Å². The van der Waals surface area contributed by atoms with Gasteiger partial charge < -0.3 is 10.6 Å². The molecule has 0 bridgehead atoms. The number of benzene rings is 1. The molecule has 0 unspecified atom stereocenters. The third-order valence-electron chi connectivity index (χ3n) is 2.91. The topological polar surface area (TPSA) is 54.2 Å². The number of rotatable bonds is 3. The smallest absolute Gasteiger partial charge is 0.171 e. The highest BCUT2D eigenvalue weighted by Crippen LogP contribution is 2.22. The van der Waals surface area contributed by atoms with E-state index in [9.17, 15) is 0 Å². The molecule has 2 N–H and O–H groups in total. The molecule has 2 heterocycles. The molecule has 112 valence electrons. The van der Waals surface area contributed by atoms with Gasteiger partial charge in [0, 0.05) is 21.9 Å². The van der Waals surface area contributed by atoms with Crippen LogP contribution in [-0.2, 0) is 6.54 Å². The Morgan fingerprint density at radius 1 is 1.14 bits per heavy atom. The standard InChI is InChI=1S/C14H11Cl2N5S/c15-9-5-10(16)7-11(6-9)18-14(22)17-8-13-20-19-12-3-1-2-4-21(12)13/h1-7H,8H2,(H2,17,18,22). The fourth-order valence-corrected chi connectivity index (χ4v) is 2.69. The van der Waals surface area contributed by atoms with E-state index in [0.717, 1.165) is 17.2 Å². The average molecular weight is 352 g/mol. The van der Waals surface area contributed by atoms with Gasteiger partial charge in [-0.3, -0.25) is 4.40 Å². The lowest BCUT2D eigenvalue weighted by atomic mass is 10.3. The molecule has 0 atom stereocenters. The van der Waals surface area contributed by atoms with Crippen LogP contribution in [0, 0.1) is 0 Å². The molecule has 0 fully saturated rings. The van der Waals surface area contributed by atoms with Crippen molar-refractivity contribution in [2.45, 2.75) is 6.54 Å². The molecule has 3 aromatic rings. The molecule has 0 saturated carbocycles. The number of hydrogen-bond donors (Lipinski definition) is 2. The van der Waals surface area contributed by atoms with E-state index in [1.54, 1.807) is 18.2 Å². The predicted octanol–water partition coefficient (Wildman–Crippen LogP) is 3.52. The normalized spacial score (nSPS) is 10.6. The molecule has 0 radical (unpaired) electrons. The summed E-state index contributed by atoms with van der Waals surface area (Å²) in [5.41, 5.74) is 1.51. The number of nitrogens with one attached hydrogen (secondary N) is 2. The first-order valence-corrected chi connectivity index (χ1v) is 7.58. The molecule has 2 aromatic heterocycles. The first kappa shape index (κ1) is 15.0. The minimum absolute atomic E-state index is 0.450. The number of aromatic nitrogens is 3. The Hall–Kier alpha value is -1.89. The van der Waals surface area contributed by atoms with Crippen molar-refractivity contribution in [1.82, 2.24) is 19.9 Å². The van der Waals surface area contributed by atoms with E-state index in [1.165, 1.54) is 0 Å². The van der Waals surface area contributed by atoms with Gasteiger partial charge >= 0.3 is 0 Å². The zero-order valence-corrected chi connectivity index (χ0v) is 13.6. The molecular weight excluding hydrogens is 341 g/mol. The maximum Gasteiger partial charge on any atom is 0.171 e. The predicted molar refractivity (Wildman–Crippen MR) is 92.5 cm³/mol. The SMILES string of the molecule is S=C(NCc1nnc2ccccn12)Nc1cc(Cl)cc(Cl)c1. The number of anilines is 1. The Kier molecular flexibility index (Phi) is 4.42. The van der Waals surface area contributed by atoms with Crippen molar-refractivity contribution in [3.63, 3.8) is 0 Å². The van der Waals surface area contributed by atoms with E-state index in [0.29, 0.717) is 21.7 Å². The van der Waals surface area contributed by atoms with E-state index in [2.05, 4.69) is 20.8 Å². The third-order valence-corrected chi connectivity index (χ3v) is 3.59. The minimum atomic E-state index is 0.450. The lowest BCUT2D eigenvalue weighted by Gasteiger charge is -2.10. The van der Waals surface area contributed by atoms with Crippen LogP contribution >= 0.6 is 35.4 Å². The summed E-state index contributed by atoms with van der Waals surface area (Å²) in [5.74, 6) is 0.767. The van der Waals surface area contributed by atoms with E-state index < -0.39 is 0 Å². The highest BCUT2D eigenvalue weighted by molar-refractivity contribution is 7.80. The maximum absolute atomic E-state index is 5.95. The first-order valence-electron chi connectivity index (χ1n) is 6.41. The van der Waals surface area contributed by atoms with Crippen LogP contribution in [-0.4, -0.2) is 19.7 Å². The highest BCUT2D eigenvalue weighted by atomic mass is 35.5. The van der Waals surface area contributed by atoms with E-state index >= 15 is 0 Å². The molecule has 22 heavy (non-hydrogen) atoms. The number of fused-ring (bicyclic) bond motifs is 1. The Labute approximate surface area is 142 Å². The number of hydrogen-bond acceptors (Lipinski definition) is 3. The average Bonchev–Trinajstić information content (AvgIpc) is 2.87. The lowest BCUT2D eigenvalue weighted by molar-refractivity contribution is 0.813. The minimum Gasteiger partial charge on any atom is -0.355 e. The van der Waals surface area contributed by atoms with Gasteiger partial charge in [-0.2, -0.15) is 0 Å². The lowest BCUT2D eigenvalue weighted by Crippen LogP contribution is -2.28. The van der Waals surface area contributed by atoms with Crippen molar-refractivity contribution in [2.75, 3.05) is 5.32 Å². The number of thiocarbonyl (C=S) groups is 1. The van der Waals surface area contributed by atoms with Crippen molar-refractivity contribution in [3.8, 4) is 0 Å². The van der Waals surface area contributed by atoms with Crippen molar-refractivity contribution in [3.05, 3.63) is 58.5 Å².